The van der Waals surface area contributed by atoms with Gasteiger partial charge in [0.05, 0.1) is 12.6 Å². The van der Waals surface area contributed by atoms with Crippen molar-refractivity contribution < 1.29 is 26.8 Å². The van der Waals surface area contributed by atoms with Crippen LogP contribution in [0.4, 0.5) is 4.79 Å². The number of hydrogen-bond donors (Lipinski definition) is 2. The van der Waals surface area contributed by atoms with Crippen LogP contribution in [-0.4, -0.2) is 83.1 Å². The number of rotatable bonds is 4. The maximum atomic E-state index is 12.0. The van der Waals surface area contributed by atoms with Crippen molar-refractivity contribution in [1.82, 2.24) is 9.96 Å². The molecule has 0 radical (unpaired) electrons. The van der Waals surface area contributed by atoms with Gasteiger partial charge in [0.15, 0.2) is 0 Å². The van der Waals surface area contributed by atoms with E-state index in [9.17, 15) is 18.0 Å². The van der Waals surface area contributed by atoms with Gasteiger partial charge in [0, 0.05) is 0 Å². The van der Waals surface area contributed by atoms with Crippen molar-refractivity contribution >= 4 is 51.9 Å². The predicted molar refractivity (Wildman–Crippen MR) is 68.9 cm³/mol. The molecule has 20 heavy (non-hydrogen) atoms. The van der Waals surface area contributed by atoms with Crippen LogP contribution in [0.15, 0.2) is 11.6 Å². The van der Waals surface area contributed by atoms with Gasteiger partial charge in [-0.05, 0) is 12.0 Å². The molecule has 1 fully saturated rings. The second kappa shape index (κ2) is 6.00. The van der Waals surface area contributed by atoms with Crippen LogP contribution >= 0.6 is 0 Å². The Balaban J connectivity index is 0.00000200. The van der Waals surface area contributed by atoms with Gasteiger partial charge in [-0.25, -0.2) is 4.79 Å². The van der Waals surface area contributed by atoms with Crippen LogP contribution in [0.3, 0.4) is 0 Å². The van der Waals surface area contributed by atoms with Crippen molar-refractivity contribution in [2.75, 3.05) is 6.54 Å². The standard InChI is InChI=1S/C9H13N3O6S.Na.H/c1-2-5-3-6-4-11(7(5)8(10)13)9(14)12(6)18-19(15,16)17;;/h3,6-7H,2,4H2,1H3,(H2,10,13)(H,15,16,17);;/t6-,7+;;/m1../s1. The van der Waals surface area contributed by atoms with Gasteiger partial charge < -0.3 is 10.6 Å². The Bertz CT molecular complexity index is 562. The molecule has 0 unspecified atom stereocenters. The summed E-state index contributed by atoms with van der Waals surface area (Å²) < 4.78 is 34.3. The van der Waals surface area contributed by atoms with Crippen LogP contribution in [0.2, 0.25) is 0 Å². The molecular formula is C9H14N3NaO6S. The number of nitrogens with two attached hydrogens (primary N) is 1. The number of hydrogen-bond acceptors (Lipinski definition) is 5. The first kappa shape index (κ1) is 17.4. The molecule has 0 aromatic carbocycles. The third kappa shape index (κ3) is 3.15. The summed E-state index contributed by atoms with van der Waals surface area (Å²) in [6, 6.07) is -2.42. The van der Waals surface area contributed by atoms with Crippen molar-refractivity contribution in [3.63, 3.8) is 0 Å². The van der Waals surface area contributed by atoms with E-state index in [4.69, 9.17) is 10.3 Å². The van der Waals surface area contributed by atoms with E-state index in [0.29, 0.717) is 17.1 Å². The fourth-order valence-electron chi connectivity index (χ4n) is 2.33. The van der Waals surface area contributed by atoms with Crippen LogP contribution < -0.4 is 5.73 Å². The second-order valence-corrected chi connectivity index (χ2v) is 5.23. The van der Waals surface area contributed by atoms with Gasteiger partial charge in [-0.3, -0.25) is 9.35 Å². The molecule has 9 nitrogen and oxygen atoms in total. The van der Waals surface area contributed by atoms with Gasteiger partial charge in [-0.2, -0.15) is 13.5 Å². The van der Waals surface area contributed by atoms with E-state index in [1.165, 1.54) is 0 Å². The Morgan fingerprint density at radius 2 is 2.20 bits per heavy atom. The van der Waals surface area contributed by atoms with E-state index in [2.05, 4.69) is 4.28 Å². The van der Waals surface area contributed by atoms with Crippen molar-refractivity contribution in [1.29, 1.82) is 0 Å². The van der Waals surface area contributed by atoms with Crippen molar-refractivity contribution in [3.05, 3.63) is 11.6 Å². The van der Waals surface area contributed by atoms with Crippen molar-refractivity contribution in [2.24, 2.45) is 5.73 Å². The molecule has 2 bridgehead atoms. The van der Waals surface area contributed by atoms with Crippen molar-refractivity contribution in [3.8, 4) is 0 Å². The first-order valence-electron chi connectivity index (χ1n) is 5.51. The van der Waals surface area contributed by atoms with E-state index in [1.807, 2.05) is 0 Å². The number of amides is 3. The van der Waals surface area contributed by atoms with Gasteiger partial charge in [0.25, 0.3) is 0 Å². The quantitative estimate of drug-likeness (QED) is 0.364. The summed E-state index contributed by atoms with van der Waals surface area (Å²) in [4.78, 5) is 24.5. The molecule has 2 rings (SSSR count). The molecule has 108 valence electrons. The third-order valence-electron chi connectivity index (χ3n) is 3.04. The number of carbonyl (C=O) groups is 2. The average molecular weight is 315 g/mol. The van der Waals surface area contributed by atoms with Gasteiger partial charge >= 0.3 is 46.0 Å². The molecular weight excluding hydrogens is 301 g/mol. The monoisotopic (exact) mass is 315 g/mol. The van der Waals surface area contributed by atoms with Crippen LogP contribution in [-0.2, 0) is 19.5 Å². The SMILES string of the molecule is CCC1=C[C@@H]2CN(C(=O)N2OS(=O)(=O)O)[C@@H]1C(N)=O.[NaH]. The van der Waals surface area contributed by atoms with Gasteiger partial charge in [0.2, 0.25) is 5.91 Å². The molecule has 11 heteroatoms. The van der Waals surface area contributed by atoms with Crippen LogP contribution in [0, 0.1) is 0 Å². The number of nitrogens with zero attached hydrogens (tertiary/aromatic N) is 2. The molecule has 0 aliphatic carbocycles. The molecule has 2 aliphatic rings. The Hall–Kier alpha value is -0.650. The Kier molecular flexibility index (Phi) is 5.22. The van der Waals surface area contributed by atoms with E-state index >= 15 is 0 Å². The summed E-state index contributed by atoms with van der Waals surface area (Å²) in [7, 11) is -4.81. The molecule has 0 saturated carbocycles. The molecule has 1 saturated heterocycles. The third-order valence-corrected chi connectivity index (χ3v) is 3.39. The number of primary amides is 1. The normalized spacial score (nSPS) is 25.3. The number of hydroxylamine groups is 2. The van der Waals surface area contributed by atoms with Gasteiger partial charge in [-0.15, -0.1) is 4.28 Å². The number of urea groups is 1. The summed E-state index contributed by atoms with van der Waals surface area (Å²) in [5.74, 6) is -0.700. The predicted octanol–water partition coefficient (Wildman–Crippen LogP) is -1.62. The number of fused-ring (bicyclic) bond motifs is 2. The zero-order chi connectivity index (χ0) is 14.4. The minimum atomic E-state index is -4.81. The molecule has 2 aliphatic heterocycles. The fraction of sp³-hybridized carbons (Fsp3) is 0.556. The molecule has 3 N–H and O–H groups in total. The Labute approximate surface area is 137 Å². The zero-order valence-corrected chi connectivity index (χ0v) is 10.8. The van der Waals surface area contributed by atoms with E-state index < -0.39 is 34.4 Å². The number of carbonyl (C=O) groups excluding carboxylic acids is 2. The molecule has 0 spiro atoms. The van der Waals surface area contributed by atoms with E-state index in [1.54, 1.807) is 13.0 Å². The Morgan fingerprint density at radius 3 is 2.65 bits per heavy atom. The van der Waals surface area contributed by atoms with Gasteiger partial charge in [-0.1, -0.05) is 13.0 Å². The molecule has 0 aromatic rings. The minimum absolute atomic E-state index is 0. The fourth-order valence-corrected chi connectivity index (χ4v) is 2.71. The molecule has 2 atom stereocenters. The summed E-state index contributed by atoms with van der Waals surface area (Å²) in [5, 5.41) is 0.522. The first-order valence-corrected chi connectivity index (χ1v) is 6.88. The summed E-state index contributed by atoms with van der Waals surface area (Å²) >= 11 is 0. The molecule has 0 aromatic heterocycles. The van der Waals surface area contributed by atoms with Crippen molar-refractivity contribution in [2.45, 2.75) is 25.4 Å². The molecule has 2 heterocycles. The topological polar surface area (TPSA) is 130 Å². The zero-order valence-electron chi connectivity index (χ0n) is 10.0. The summed E-state index contributed by atoms with van der Waals surface area (Å²) in [6.45, 7) is 1.86. The second-order valence-electron chi connectivity index (χ2n) is 4.23. The first-order chi connectivity index (χ1) is 8.74. The maximum absolute atomic E-state index is 12.0. The van der Waals surface area contributed by atoms with Crippen LogP contribution in [0.5, 0.6) is 0 Å². The Morgan fingerprint density at radius 1 is 1.60 bits per heavy atom. The molecule has 3 amide bonds. The van der Waals surface area contributed by atoms with E-state index in [0.717, 1.165) is 4.90 Å². The van der Waals surface area contributed by atoms with E-state index in [-0.39, 0.29) is 36.1 Å². The van der Waals surface area contributed by atoms with Gasteiger partial charge in [0.1, 0.15) is 6.04 Å². The average Bonchev–Trinajstić information content (AvgIpc) is 2.52. The summed E-state index contributed by atoms with van der Waals surface area (Å²) in [5.41, 5.74) is 5.86. The van der Waals surface area contributed by atoms with Crippen LogP contribution in [0.1, 0.15) is 13.3 Å². The summed E-state index contributed by atoms with van der Waals surface area (Å²) in [6.07, 6.45) is 2.04. The van der Waals surface area contributed by atoms with Crippen LogP contribution in [0.25, 0.3) is 0 Å².